The first kappa shape index (κ1) is 24.2. The van der Waals surface area contributed by atoms with Gasteiger partial charge >= 0.3 is 0 Å². The highest BCUT2D eigenvalue weighted by Gasteiger charge is 2.31. The number of carbonyl (C=O) groups excluding carboxylic acids is 1. The van der Waals surface area contributed by atoms with E-state index in [-0.39, 0.29) is 11.8 Å². The molecule has 6 nitrogen and oxygen atoms in total. The number of hydrogen-bond donors (Lipinski definition) is 1. The zero-order chi connectivity index (χ0) is 24.1. The number of aliphatic hydroxyl groups is 1. The molecule has 1 amide bonds. The van der Waals surface area contributed by atoms with Crippen molar-refractivity contribution in [1.29, 1.82) is 0 Å². The van der Waals surface area contributed by atoms with Gasteiger partial charge in [0.05, 0.1) is 13.2 Å². The molecule has 0 saturated heterocycles. The largest absolute Gasteiger partial charge is 0.481 e. The summed E-state index contributed by atoms with van der Waals surface area (Å²) in [5, 5.41) is 11.2. The molecule has 7 heteroatoms. The van der Waals surface area contributed by atoms with Gasteiger partial charge < -0.3 is 14.7 Å². The summed E-state index contributed by atoms with van der Waals surface area (Å²) in [6.07, 6.45) is 6.89. The van der Waals surface area contributed by atoms with Gasteiger partial charge in [-0.1, -0.05) is 35.9 Å². The van der Waals surface area contributed by atoms with Gasteiger partial charge in [0.15, 0.2) is 0 Å². The van der Waals surface area contributed by atoms with Crippen molar-refractivity contribution in [2.24, 2.45) is 11.8 Å². The summed E-state index contributed by atoms with van der Waals surface area (Å²) in [4.78, 5) is 22.8. The predicted octanol–water partition coefficient (Wildman–Crippen LogP) is 5.10. The molecular formula is C27H30ClN3O3. The lowest BCUT2D eigenvalue weighted by Gasteiger charge is -2.19. The number of ether oxygens (including phenoxy) is 1. The Labute approximate surface area is 205 Å². The third-order valence-corrected chi connectivity index (χ3v) is 6.84. The zero-order valence-electron chi connectivity index (χ0n) is 19.5. The smallest absolute Gasteiger partial charge is 0.253 e. The minimum atomic E-state index is -0.508. The van der Waals surface area contributed by atoms with Crippen LogP contribution in [-0.4, -0.2) is 40.0 Å². The van der Waals surface area contributed by atoms with Crippen LogP contribution in [0.2, 0.25) is 5.15 Å². The molecule has 1 aliphatic carbocycles. The van der Waals surface area contributed by atoms with Crippen LogP contribution in [-0.2, 0) is 13.0 Å². The van der Waals surface area contributed by atoms with Crippen LogP contribution in [0.1, 0.15) is 52.4 Å². The molecule has 2 heterocycles. The Morgan fingerprint density at radius 2 is 1.85 bits per heavy atom. The van der Waals surface area contributed by atoms with E-state index in [1.54, 1.807) is 43.6 Å². The van der Waals surface area contributed by atoms with Gasteiger partial charge in [0.2, 0.25) is 5.88 Å². The molecule has 1 N–H and O–H groups in total. The highest BCUT2D eigenvalue weighted by atomic mass is 35.5. The molecule has 0 spiro atoms. The van der Waals surface area contributed by atoms with Gasteiger partial charge in [0.1, 0.15) is 5.15 Å². The number of carbonyl (C=O) groups is 1. The summed E-state index contributed by atoms with van der Waals surface area (Å²) in [7, 11) is 3.37. The number of pyridine rings is 2. The maximum atomic E-state index is 12.8. The minimum absolute atomic E-state index is 0.0250. The maximum Gasteiger partial charge on any atom is 0.253 e. The van der Waals surface area contributed by atoms with Gasteiger partial charge in [-0.25, -0.2) is 9.97 Å². The van der Waals surface area contributed by atoms with Crippen molar-refractivity contribution < 1.29 is 14.6 Å². The summed E-state index contributed by atoms with van der Waals surface area (Å²) < 4.78 is 5.08. The first-order chi connectivity index (χ1) is 16.4. The number of benzene rings is 1. The lowest BCUT2D eigenvalue weighted by Crippen LogP contribution is -2.26. The van der Waals surface area contributed by atoms with Crippen LogP contribution in [0.25, 0.3) is 0 Å². The normalized spacial score (nSPS) is 18.5. The number of rotatable bonds is 8. The van der Waals surface area contributed by atoms with Crippen LogP contribution < -0.4 is 4.74 Å². The van der Waals surface area contributed by atoms with Gasteiger partial charge in [0, 0.05) is 37.6 Å². The lowest BCUT2D eigenvalue weighted by atomic mass is 9.92. The summed E-state index contributed by atoms with van der Waals surface area (Å²) in [5.74, 6) is 1.28. The second-order valence-corrected chi connectivity index (χ2v) is 9.46. The molecule has 1 aliphatic rings. The molecule has 4 rings (SSSR count). The first-order valence-electron chi connectivity index (χ1n) is 11.6. The van der Waals surface area contributed by atoms with Crippen molar-refractivity contribution in [3.63, 3.8) is 0 Å². The number of halogens is 1. The van der Waals surface area contributed by atoms with E-state index in [9.17, 15) is 9.90 Å². The minimum Gasteiger partial charge on any atom is -0.481 e. The SMILES string of the molecule is COc1ccc(CN(C)C(=O)c2ccc(C[C@@H]3CC[C@H]([C@H](O)c4ccc(Cl)nc4)C3)cc2)cn1. The summed E-state index contributed by atoms with van der Waals surface area (Å²) in [6.45, 7) is 0.479. The lowest BCUT2D eigenvalue weighted by molar-refractivity contribution is 0.0785. The Kier molecular flexibility index (Phi) is 7.80. The molecule has 2 aromatic heterocycles. The molecule has 1 fully saturated rings. The topological polar surface area (TPSA) is 75.5 Å². The fourth-order valence-corrected chi connectivity index (χ4v) is 4.84. The number of amides is 1. The molecule has 0 aliphatic heterocycles. The molecule has 1 saturated carbocycles. The second kappa shape index (κ2) is 11.0. The number of aromatic nitrogens is 2. The number of aliphatic hydroxyl groups excluding tert-OH is 1. The number of nitrogens with zero attached hydrogens (tertiary/aromatic N) is 3. The van der Waals surface area contributed by atoms with Crippen molar-refractivity contribution in [1.82, 2.24) is 14.9 Å². The molecule has 34 heavy (non-hydrogen) atoms. The van der Waals surface area contributed by atoms with Gasteiger partial charge in [-0.05, 0) is 72.4 Å². The predicted molar refractivity (Wildman–Crippen MR) is 132 cm³/mol. The molecule has 0 unspecified atom stereocenters. The van der Waals surface area contributed by atoms with E-state index >= 15 is 0 Å². The Morgan fingerprint density at radius 3 is 2.50 bits per heavy atom. The van der Waals surface area contributed by atoms with Crippen LogP contribution in [0.5, 0.6) is 5.88 Å². The summed E-state index contributed by atoms with van der Waals surface area (Å²) in [5.41, 5.74) is 3.66. The fraction of sp³-hybridized carbons (Fsp3) is 0.370. The molecule has 178 valence electrons. The molecule has 0 bridgehead atoms. The van der Waals surface area contributed by atoms with Crippen molar-refractivity contribution in [3.8, 4) is 5.88 Å². The van der Waals surface area contributed by atoms with Crippen molar-refractivity contribution >= 4 is 17.5 Å². The highest BCUT2D eigenvalue weighted by Crippen LogP contribution is 2.40. The third-order valence-electron chi connectivity index (χ3n) is 6.62. The van der Waals surface area contributed by atoms with E-state index in [1.165, 1.54) is 5.56 Å². The third kappa shape index (κ3) is 5.93. The van der Waals surface area contributed by atoms with Crippen molar-refractivity contribution in [3.05, 3.63) is 88.3 Å². The summed E-state index contributed by atoms with van der Waals surface area (Å²) >= 11 is 5.86. The van der Waals surface area contributed by atoms with Gasteiger partial charge in [0.25, 0.3) is 5.91 Å². The molecule has 0 radical (unpaired) electrons. The van der Waals surface area contributed by atoms with E-state index in [0.29, 0.717) is 29.1 Å². The Balaban J connectivity index is 1.30. The Morgan fingerprint density at radius 1 is 1.09 bits per heavy atom. The average Bonchev–Trinajstić information content (AvgIpc) is 3.33. The van der Waals surface area contributed by atoms with Gasteiger partial charge in [-0.2, -0.15) is 0 Å². The fourth-order valence-electron chi connectivity index (χ4n) is 4.73. The van der Waals surface area contributed by atoms with Crippen LogP contribution >= 0.6 is 11.6 Å². The van der Waals surface area contributed by atoms with E-state index in [2.05, 4.69) is 9.97 Å². The van der Waals surface area contributed by atoms with E-state index in [0.717, 1.165) is 36.8 Å². The van der Waals surface area contributed by atoms with E-state index in [4.69, 9.17) is 16.3 Å². The quantitative estimate of drug-likeness (QED) is 0.455. The van der Waals surface area contributed by atoms with Crippen LogP contribution in [0.4, 0.5) is 0 Å². The maximum absolute atomic E-state index is 12.8. The highest BCUT2D eigenvalue weighted by molar-refractivity contribution is 6.29. The van der Waals surface area contributed by atoms with Crippen LogP contribution in [0.15, 0.2) is 60.9 Å². The summed E-state index contributed by atoms with van der Waals surface area (Å²) in [6, 6.07) is 15.2. The van der Waals surface area contributed by atoms with Crippen LogP contribution in [0.3, 0.4) is 0 Å². The Hall–Kier alpha value is -2.96. The van der Waals surface area contributed by atoms with Crippen molar-refractivity contribution in [2.45, 2.75) is 38.3 Å². The van der Waals surface area contributed by atoms with Crippen molar-refractivity contribution in [2.75, 3.05) is 14.2 Å². The zero-order valence-corrected chi connectivity index (χ0v) is 20.3. The molecule has 3 aromatic rings. The van der Waals surface area contributed by atoms with Crippen LogP contribution in [0, 0.1) is 11.8 Å². The second-order valence-electron chi connectivity index (χ2n) is 9.07. The van der Waals surface area contributed by atoms with Gasteiger partial charge in [-0.15, -0.1) is 0 Å². The molecule has 1 aromatic carbocycles. The first-order valence-corrected chi connectivity index (χ1v) is 11.9. The van der Waals surface area contributed by atoms with E-state index < -0.39 is 6.10 Å². The number of methoxy groups -OCH3 is 1. The van der Waals surface area contributed by atoms with E-state index in [1.807, 2.05) is 36.4 Å². The Bertz CT molecular complexity index is 1090. The van der Waals surface area contributed by atoms with Gasteiger partial charge in [-0.3, -0.25) is 4.79 Å². The molecular weight excluding hydrogens is 450 g/mol. The average molecular weight is 480 g/mol. The molecule has 3 atom stereocenters. The standard InChI is InChI=1S/C27H30ClN3O3/c1-31(17-20-6-12-25(34-2)30-15-20)27(33)21-7-3-18(4-8-21)13-19-5-9-22(14-19)26(32)23-10-11-24(28)29-16-23/h3-4,6-8,10-12,15-16,19,22,26,32H,5,9,13-14,17H2,1-2H3/t19-,22-,26-/m0/s1. The number of hydrogen-bond acceptors (Lipinski definition) is 5. The monoisotopic (exact) mass is 479 g/mol.